The Morgan fingerprint density at radius 2 is 1.85 bits per heavy atom. The number of aliphatic hydroxyl groups is 1. The number of aliphatic hydroxyl groups excluding tert-OH is 1. The van der Waals surface area contributed by atoms with Gasteiger partial charge < -0.3 is 15.5 Å². The van der Waals surface area contributed by atoms with Crippen LogP contribution in [0.3, 0.4) is 0 Å². The second kappa shape index (κ2) is 5.93. The number of nitrogens with zero attached hydrogens (tertiary/aromatic N) is 2. The molecule has 26 heavy (non-hydrogen) atoms. The fraction of sp³-hybridized carbons (Fsp3) is 0.158. The lowest BCUT2D eigenvalue weighted by Gasteiger charge is -2.24. The zero-order valence-electron chi connectivity index (χ0n) is 13.7. The van der Waals surface area contributed by atoms with Crippen molar-refractivity contribution in [1.29, 1.82) is 0 Å². The van der Waals surface area contributed by atoms with Gasteiger partial charge in [0.1, 0.15) is 11.5 Å². The van der Waals surface area contributed by atoms with Crippen LogP contribution in [0.1, 0.15) is 12.8 Å². The molecular weight excluding hydrogens is 357 g/mol. The van der Waals surface area contributed by atoms with E-state index in [0.717, 1.165) is 23.7 Å². The van der Waals surface area contributed by atoms with E-state index >= 15 is 0 Å². The molecule has 1 fully saturated rings. The summed E-state index contributed by atoms with van der Waals surface area (Å²) < 4.78 is 14.5. The third-order valence-corrected chi connectivity index (χ3v) is 4.99. The zero-order chi connectivity index (χ0) is 17.1. The van der Waals surface area contributed by atoms with Gasteiger partial charge in [-0.25, -0.2) is 9.40 Å². The summed E-state index contributed by atoms with van der Waals surface area (Å²) in [4.78, 5) is 2.05. The molecule has 0 saturated heterocycles. The van der Waals surface area contributed by atoms with E-state index in [0.29, 0.717) is 27.7 Å². The molecule has 3 aliphatic rings. The smallest absolute Gasteiger partial charge is 0.237 e. The molecule has 4 N–H and O–H groups in total. The third kappa shape index (κ3) is 2.41. The van der Waals surface area contributed by atoms with Crippen molar-refractivity contribution in [3.05, 3.63) is 75.3 Å². The Kier molecular flexibility index (Phi) is 3.82. The van der Waals surface area contributed by atoms with E-state index in [4.69, 9.17) is 11.6 Å². The first-order valence-corrected chi connectivity index (χ1v) is 8.56. The van der Waals surface area contributed by atoms with Gasteiger partial charge in [-0.1, -0.05) is 23.7 Å². The van der Waals surface area contributed by atoms with Gasteiger partial charge in [-0.3, -0.25) is 5.43 Å². The minimum absolute atomic E-state index is 0. The van der Waals surface area contributed by atoms with Crippen molar-refractivity contribution < 1.29 is 15.0 Å². The summed E-state index contributed by atoms with van der Waals surface area (Å²) in [5.74, 6) is -0.246. The summed E-state index contributed by atoms with van der Waals surface area (Å²) in [6.45, 7) is 0. The molecule has 0 bridgehead atoms. The van der Waals surface area contributed by atoms with Gasteiger partial charge in [-0.05, 0) is 43.2 Å². The maximum Gasteiger partial charge on any atom is 0.237 e. The lowest BCUT2D eigenvalue weighted by Crippen LogP contribution is -2.43. The van der Waals surface area contributed by atoms with Gasteiger partial charge in [0, 0.05) is 27.7 Å². The molecule has 5 rings (SSSR count). The standard InChI is InChI=1S/C19H15ClFN3O.H2O/c20-12-4-6-14(7-5-12)24-19(25)18-17(22-24)16-11(2-1-3-15(16)21)10-23(18)13-8-9-13;/h1-7,10,13,22,25H,8-9H2;1H2. The van der Waals surface area contributed by atoms with E-state index in [-0.39, 0.29) is 17.2 Å². The van der Waals surface area contributed by atoms with E-state index in [9.17, 15) is 9.50 Å². The van der Waals surface area contributed by atoms with Crippen LogP contribution in [0.5, 0.6) is 0 Å². The van der Waals surface area contributed by atoms with Crippen molar-refractivity contribution in [1.82, 2.24) is 10.3 Å². The minimum Gasteiger partial charge on any atom is -0.492 e. The molecule has 1 saturated carbocycles. The van der Waals surface area contributed by atoms with Gasteiger partial charge in [-0.15, -0.1) is 0 Å². The first-order chi connectivity index (χ1) is 12.1. The largest absolute Gasteiger partial charge is 0.492 e. The Balaban J connectivity index is 0.00000168. The fourth-order valence-electron chi connectivity index (χ4n) is 3.40. The van der Waals surface area contributed by atoms with E-state index in [1.54, 1.807) is 35.3 Å². The van der Waals surface area contributed by atoms with Crippen LogP contribution in [0, 0.1) is 5.82 Å². The summed E-state index contributed by atoms with van der Waals surface area (Å²) in [5.41, 5.74) is 5.11. The average Bonchev–Trinajstić information content (AvgIpc) is 3.39. The molecule has 0 spiro atoms. The van der Waals surface area contributed by atoms with Crippen molar-refractivity contribution in [2.45, 2.75) is 18.9 Å². The number of rotatable bonds is 2. The van der Waals surface area contributed by atoms with E-state index < -0.39 is 0 Å². The lowest BCUT2D eigenvalue weighted by molar-refractivity contribution is 0.367. The summed E-state index contributed by atoms with van der Waals surface area (Å²) in [6.07, 6.45) is 4.05. The van der Waals surface area contributed by atoms with E-state index in [1.165, 1.54) is 6.07 Å². The third-order valence-electron chi connectivity index (χ3n) is 4.74. The van der Waals surface area contributed by atoms with Crippen LogP contribution in [-0.4, -0.2) is 21.5 Å². The highest BCUT2D eigenvalue weighted by Gasteiger charge is 2.40. The van der Waals surface area contributed by atoms with Crippen LogP contribution in [0.15, 0.2) is 54.0 Å². The quantitative estimate of drug-likeness (QED) is 0.841. The van der Waals surface area contributed by atoms with Crippen LogP contribution < -0.4 is 20.9 Å². The first kappa shape index (κ1) is 16.8. The molecule has 0 amide bonds. The predicted octanol–water partition coefficient (Wildman–Crippen LogP) is 1.73. The molecule has 5 nitrogen and oxygen atoms in total. The Morgan fingerprint density at radius 3 is 2.54 bits per heavy atom. The second-order valence-corrected chi connectivity index (χ2v) is 6.88. The number of fused-ring (bicyclic) bond motifs is 2. The number of hydrogen-bond acceptors (Lipinski definition) is 4. The van der Waals surface area contributed by atoms with Gasteiger partial charge in [0.25, 0.3) is 0 Å². The summed E-state index contributed by atoms with van der Waals surface area (Å²) >= 11 is 5.96. The van der Waals surface area contributed by atoms with Gasteiger partial charge in [0.15, 0.2) is 0 Å². The summed E-state index contributed by atoms with van der Waals surface area (Å²) in [5, 5.41) is 14.3. The maximum atomic E-state index is 14.5. The maximum absolute atomic E-state index is 14.5. The zero-order valence-corrected chi connectivity index (χ0v) is 14.5. The molecule has 1 aliphatic carbocycles. The van der Waals surface area contributed by atoms with Crippen LogP contribution in [0.4, 0.5) is 10.1 Å². The number of halogens is 2. The van der Waals surface area contributed by atoms with Crippen LogP contribution in [-0.2, 0) is 0 Å². The number of anilines is 1. The lowest BCUT2D eigenvalue weighted by atomic mass is 10.1. The van der Waals surface area contributed by atoms with Crippen molar-refractivity contribution in [2.75, 3.05) is 5.01 Å². The molecule has 0 unspecified atom stereocenters. The second-order valence-electron chi connectivity index (χ2n) is 6.44. The monoisotopic (exact) mass is 373 g/mol. The van der Waals surface area contributed by atoms with Crippen molar-refractivity contribution in [2.24, 2.45) is 0 Å². The van der Waals surface area contributed by atoms with Crippen LogP contribution >= 0.6 is 11.6 Å². The highest BCUT2D eigenvalue weighted by molar-refractivity contribution is 6.30. The molecule has 2 aromatic rings. The number of nitrogens with one attached hydrogen (secondary N) is 1. The topological polar surface area (TPSA) is 70.2 Å². The highest BCUT2D eigenvalue weighted by atomic mass is 35.5. The Bertz CT molecular complexity index is 1030. The minimum atomic E-state index is -0.310. The number of hydrazine groups is 1. The molecular formula is C19H17ClFN3O2. The molecule has 134 valence electrons. The Morgan fingerprint density at radius 1 is 1.12 bits per heavy atom. The number of hydrogen-bond donors (Lipinski definition) is 2. The van der Waals surface area contributed by atoms with Gasteiger partial charge in [-0.2, -0.15) is 0 Å². The normalized spacial score (nSPS) is 18.0. The summed E-state index contributed by atoms with van der Waals surface area (Å²) in [6, 6.07) is 12.5. The molecule has 0 radical (unpaired) electrons. The van der Waals surface area contributed by atoms with Gasteiger partial charge in [0.2, 0.25) is 5.88 Å². The molecule has 2 heterocycles. The van der Waals surface area contributed by atoms with Crippen molar-refractivity contribution >= 4 is 29.2 Å². The molecule has 0 aromatic heterocycles. The fourth-order valence-corrected chi connectivity index (χ4v) is 3.52. The molecule has 7 heteroatoms. The average molecular weight is 374 g/mol. The van der Waals surface area contributed by atoms with Crippen LogP contribution in [0.25, 0.3) is 11.9 Å². The van der Waals surface area contributed by atoms with Crippen molar-refractivity contribution in [3.63, 3.8) is 0 Å². The van der Waals surface area contributed by atoms with Gasteiger partial charge in [0.05, 0.1) is 11.4 Å². The molecule has 2 aliphatic heterocycles. The Labute approximate surface area is 154 Å². The Hall–Kier alpha value is -2.70. The molecule has 0 atom stereocenters. The van der Waals surface area contributed by atoms with E-state index in [1.807, 2.05) is 12.3 Å². The van der Waals surface area contributed by atoms with E-state index in [2.05, 4.69) is 10.3 Å². The highest BCUT2D eigenvalue weighted by Crippen LogP contribution is 2.38. The predicted molar refractivity (Wildman–Crippen MR) is 98.7 cm³/mol. The molecule has 2 aromatic carbocycles. The van der Waals surface area contributed by atoms with Crippen LogP contribution in [0.2, 0.25) is 5.02 Å². The first-order valence-electron chi connectivity index (χ1n) is 8.18. The SMILES string of the molecule is O.OC1=C2C(=c3c(F)cccc3=CN2C2CC2)NN1c1ccc(Cl)cc1. The van der Waals surface area contributed by atoms with Gasteiger partial charge >= 0.3 is 0 Å². The number of benzene rings is 2. The van der Waals surface area contributed by atoms with Crippen molar-refractivity contribution in [3.8, 4) is 0 Å². The summed E-state index contributed by atoms with van der Waals surface area (Å²) in [7, 11) is 0.